The van der Waals surface area contributed by atoms with E-state index in [0.29, 0.717) is 31.2 Å². The van der Waals surface area contributed by atoms with E-state index in [-0.39, 0.29) is 18.1 Å². The number of piperazine rings is 1. The molecule has 0 N–H and O–H groups in total. The van der Waals surface area contributed by atoms with Crippen LogP contribution in [0.5, 0.6) is 0 Å². The molecule has 1 aliphatic rings. The number of benzene rings is 2. The van der Waals surface area contributed by atoms with Gasteiger partial charge in [-0.25, -0.2) is 4.39 Å². The molecular formula is C22H20ClFN4O. The second kappa shape index (κ2) is 8.57. The van der Waals surface area contributed by atoms with Gasteiger partial charge < -0.3 is 9.80 Å². The Balaban J connectivity index is 1.33. The summed E-state index contributed by atoms with van der Waals surface area (Å²) in [6, 6.07) is 17.4. The molecule has 0 spiro atoms. The predicted octanol–water partition coefficient (Wildman–Crippen LogP) is 3.83. The van der Waals surface area contributed by atoms with E-state index in [4.69, 9.17) is 11.6 Å². The minimum Gasteiger partial charge on any atom is -0.352 e. The zero-order valence-corrected chi connectivity index (χ0v) is 16.5. The van der Waals surface area contributed by atoms with Crippen LogP contribution in [0.25, 0.3) is 11.3 Å². The topological polar surface area (TPSA) is 49.3 Å². The maximum Gasteiger partial charge on any atom is 0.227 e. The number of amides is 1. The van der Waals surface area contributed by atoms with E-state index in [2.05, 4.69) is 15.1 Å². The van der Waals surface area contributed by atoms with Gasteiger partial charge >= 0.3 is 0 Å². The Hall–Kier alpha value is -2.99. The molecule has 1 fully saturated rings. The number of anilines is 1. The van der Waals surface area contributed by atoms with Crippen LogP contribution in [0.2, 0.25) is 5.02 Å². The molecule has 7 heteroatoms. The van der Waals surface area contributed by atoms with E-state index < -0.39 is 0 Å². The number of carbonyl (C=O) groups is 1. The van der Waals surface area contributed by atoms with Gasteiger partial charge in [0, 0.05) is 36.8 Å². The molecule has 1 aromatic heterocycles. The van der Waals surface area contributed by atoms with Crippen molar-refractivity contribution in [2.45, 2.75) is 6.42 Å². The summed E-state index contributed by atoms with van der Waals surface area (Å²) in [7, 11) is 0. The highest BCUT2D eigenvalue weighted by atomic mass is 35.5. The van der Waals surface area contributed by atoms with E-state index in [9.17, 15) is 9.18 Å². The third-order valence-corrected chi connectivity index (χ3v) is 5.27. The Morgan fingerprint density at radius 2 is 1.59 bits per heavy atom. The number of nitrogens with zero attached hydrogens (tertiary/aromatic N) is 4. The first kappa shape index (κ1) is 19.3. The fraction of sp³-hybridized carbons (Fsp3) is 0.227. The van der Waals surface area contributed by atoms with Crippen LogP contribution >= 0.6 is 11.6 Å². The van der Waals surface area contributed by atoms with Crippen LogP contribution in [0.4, 0.5) is 10.2 Å². The first-order valence-electron chi connectivity index (χ1n) is 9.45. The zero-order chi connectivity index (χ0) is 20.2. The minimum absolute atomic E-state index is 0.0560. The Bertz CT molecular complexity index is 969. The van der Waals surface area contributed by atoms with Gasteiger partial charge in [0.2, 0.25) is 5.91 Å². The molecular weight excluding hydrogens is 391 g/mol. The van der Waals surface area contributed by atoms with Gasteiger partial charge in [-0.3, -0.25) is 4.79 Å². The molecule has 148 valence electrons. The second-order valence-corrected chi connectivity index (χ2v) is 7.39. The number of rotatable bonds is 4. The summed E-state index contributed by atoms with van der Waals surface area (Å²) in [4.78, 5) is 16.5. The van der Waals surface area contributed by atoms with Gasteiger partial charge in [-0.2, -0.15) is 0 Å². The van der Waals surface area contributed by atoms with E-state index in [1.807, 2.05) is 41.3 Å². The summed E-state index contributed by atoms with van der Waals surface area (Å²) in [5, 5.41) is 9.36. The number of halogens is 2. The highest BCUT2D eigenvalue weighted by molar-refractivity contribution is 6.30. The molecule has 1 saturated heterocycles. The van der Waals surface area contributed by atoms with Crippen molar-refractivity contribution in [2.24, 2.45) is 0 Å². The maximum absolute atomic E-state index is 13.0. The standard InChI is InChI=1S/C22H20ClFN4O/c23-18-5-3-17(4-6-18)20-9-10-21(26-25-20)27-11-13-28(14-12-27)22(29)15-16-1-7-19(24)8-2-16/h1-10H,11-15H2. The van der Waals surface area contributed by atoms with E-state index in [1.54, 1.807) is 12.1 Å². The fourth-order valence-corrected chi connectivity index (χ4v) is 3.47. The normalized spacial score (nSPS) is 14.1. The van der Waals surface area contributed by atoms with Crippen molar-refractivity contribution < 1.29 is 9.18 Å². The van der Waals surface area contributed by atoms with Gasteiger partial charge in [0.05, 0.1) is 12.1 Å². The summed E-state index contributed by atoms with van der Waals surface area (Å²) in [6.07, 6.45) is 0.288. The van der Waals surface area contributed by atoms with Crippen molar-refractivity contribution in [3.63, 3.8) is 0 Å². The molecule has 0 bridgehead atoms. The van der Waals surface area contributed by atoms with Crippen LogP contribution in [0.1, 0.15) is 5.56 Å². The summed E-state index contributed by atoms with van der Waals surface area (Å²) >= 11 is 5.93. The van der Waals surface area contributed by atoms with E-state index in [0.717, 1.165) is 22.6 Å². The van der Waals surface area contributed by atoms with Crippen LogP contribution in [0.3, 0.4) is 0 Å². The highest BCUT2D eigenvalue weighted by Gasteiger charge is 2.22. The van der Waals surface area contributed by atoms with Crippen molar-refractivity contribution in [3.8, 4) is 11.3 Å². The van der Waals surface area contributed by atoms with Crippen LogP contribution in [-0.2, 0) is 11.2 Å². The van der Waals surface area contributed by atoms with E-state index >= 15 is 0 Å². The molecule has 0 radical (unpaired) electrons. The average molecular weight is 411 g/mol. The Labute approximate surface area is 173 Å². The lowest BCUT2D eigenvalue weighted by atomic mass is 10.1. The molecule has 0 atom stereocenters. The summed E-state index contributed by atoms with van der Waals surface area (Å²) < 4.78 is 13.0. The Kier molecular flexibility index (Phi) is 5.71. The smallest absolute Gasteiger partial charge is 0.227 e. The SMILES string of the molecule is O=C(Cc1ccc(F)cc1)N1CCN(c2ccc(-c3ccc(Cl)cc3)nn2)CC1. The number of hydrogen-bond acceptors (Lipinski definition) is 4. The van der Waals surface area contributed by atoms with Gasteiger partial charge in [-0.05, 0) is 42.0 Å². The monoisotopic (exact) mass is 410 g/mol. The number of hydrogen-bond donors (Lipinski definition) is 0. The van der Waals surface area contributed by atoms with Crippen molar-refractivity contribution in [1.29, 1.82) is 0 Å². The predicted molar refractivity (Wildman–Crippen MR) is 111 cm³/mol. The van der Waals surface area contributed by atoms with Gasteiger partial charge in [0.1, 0.15) is 5.82 Å². The quantitative estimate of drug-likeness (QED) is 0.656. The fourth-order valence-electron chi connectivity index (χ4n) is 3.34. The molecule has 3 aromatic rings. The van der Waals surface area contributed by atoms with Gasteiger partial charge in [-0.15, -0.1) is 10.2 Å². The van der Waals surface area contributed by atoms with Gasteiger partial charge in [-0.1, -0.05) is 35.9 Å². The molecule has 5 nitrogen and oxygen atoms in total. The Morgan fingerprint density at radius 3 is 2.21 bits per heavy atom. The zero-order valence-electron chi connectivity index (χ0n) is 15.8. The minimum atomic E-state index is -0.294. The summed E-state index contributed by atoms with van der Waals surface area (Å²) in [6.45, 7) is 2.65. The van der Waals surface area contributed by atoms with Crippen molar-refractivity contribution >= 4 is 23.3 Å². The lowest BCUT2D eigenvalue weighted by Crippen LogP contribution is -2.49. The van der Waals surface area contributed by atoms with Crippen LogP contribution in [-0.4, -0.2) is 47.2 Å². The molecule has 2 aromatic carbocycles. The van der Waals surface area contributed by atoms with Crippen molar-refractivity contribution in [3.05, 3.63) is 77.1 Å². The largest absolute Gasteiger partial charge is 0.352 e. The number of carbonyl (C=O) groups excluding carboxylic acids is 1. The molecule has 1 aliphatic heterocycles. The highest BCUT2D eigenvalue weighted by Crippen LogP contribution is 2.21. The molecule has 4 rings (SSSR count). The summed E-state index contributed by atoms with van der Waals surface area (Å²) in [5.41, 5.74) is 2.57. The van der Waals surface area contributed by atoms with Crippen molar-refractivity contribution in [2.75, 3.05) is 31.1 Å². The van der Waals surface area contributed by atoms with Crippen LogP contribution < -0.4 is 4.90 Å². The van der Waals surface area contributed by atoms with Gasteiger partial charge in [0.15, 0.2) is 5.82 Å². The maximum atomic E-state index is 13.0. The first-order chi connectivity index (χ1) is 14.1. The van der Waals surface area contributed by atoms with Gasteiger partial charge in [0.25, 0.3) is 0 Å². The summed E-state index contributed by atoms with van der Waals surface area (Å²) in [5.74, 6) is 0.562. The second-order valence-electron chi connectivity index (χ2n) is 6.95. The molecule has 0 unspecified atom stereocenters. The lowest BCUT2D eigenvalue weighted by molar-refractivity contribution is -0.130. The molecule has 0 aliphatic carbocycles. The number of aromatic nitrogens is 2. The first-order valence-corrected chi connectivity index (χ1v) is 9.83. The molecule has 29 heavy (non-hydrogen) atoms. The lowest BCUT2D eigenvalue weighted by Gasteiger charge is -2.35. The third-order valence-electron chi connectivity index (χ3n) is 5.02. The third kappa shape index (κ3) is 4.71. The molecule has 0 saturated carbocycles. The Morgan fingerprint density at radius 1 is 0.897 bits per heavy atom. The van der Waals surface area contributed by atoms with Crippen LogP contribution in [0.15, 0.2) is 60.7 Å². The average Bonchev–Trinajstić information content (AvgIpc) is 2.76. The molecule has 1 amide bonds. The van der Waals surface area contributed by atoms with E-state index in [1.165, 1.54) is 12.1 Å². The van der Waals surface area contributed by atoms with Crippen LogP contribution in [0, 0.1) is 5.82 Å². The molecule has 2 heterocycles. The van der Waals surface area contributed by atoms with Crippen molar-refractivity contribution in [1.82, 2.24) is 15.1 Å².